The maximum absolute atomic E-state index is 3.63. The summed E-state index contributed by atoms with van der Waals surface area (Å²) in [5.74, 6) is 0. The van der Waals surface area contributed by atoms with Crippen LogP contribution in [0.5, 0.6) is 0 Å². The molecule has 1 saturated heterocycles. The van der Waals surface area contributed by atoms with Gasteiger partial charge in [0.25, 0.3) is 0 Å². The third kappa shape index (κ3) is 4.36. The monoisotopic (exact) mass is 374 g/mol. The van der Waals surface area contributed by atoms with E-state index in [1.165, 1.54) is 33.7 Å². The summed E-state index contributed by atoms with van der Waals surface area (Å²) in [7, 11) is 0. The van der Waals surface area contributed by atoms with Gasteiger partial charge in [0, 0.05) is 37.1 Å². The van der Waals surface area contributed by atoms with Crippen LogP contribution in [0.4, 0.5) is 0 Å². The highest BCUT2D eigenvalue weighted by Gasteiger charge is 2.22. The third-order valence-corrected chi connectivity index (χ3v) is 5.42. The van der Waals surface area contributed by atoms with Gasteiger partial charge < -0.3 is 5.32 Å². The fourth-order valence-electron chi connectivity index (χ4n) is 2.28. The minimum atomic E-state index is 0. The Balaban J connectivity index is 0.00000144. The van der Waals surface area contributed by atoms with Gasteiger partial charge in [-0.2, -0.15) is 0 Å². The van der Waals surface area contributed by atoms with Gasteiger partial charge in [-0.05, 0) is 40.9 Å². The summed E-state index contributed by atoms with van der Waals surface area (Å²) in [5.41, 5.74) is 1.37. The zero-order chi connectivity index (χ0) is 11.5. The lowest BCUT2D eigenvalue weighted by Gasteiger charge is -2.33. The van der Waals surface area contributed by atoms with Gasteiger partial charge in [0.05, 0.1) is 3.79 Å². The van der Waals surface area contributed by atoms with Crippen LogP contribution in [0.3, 0.4) is 0 Å². The van der Waals surface area contributed by atoms with E-state index >= 15 is 0 Å². The van der Waals surface area contributed by atoms with Crippen LogP contribution in [-0.2, 0) is 0 Å². The molecule has 0 saturated carbocycles. The van der Waals surface area contributed by atoms with Crippen molar-refractivity contribution in [1.82, 2.24) is 10.2 Å². The van der Waals surface area contributed by atoms with E-state index in [9.17, 15) is 0 Å². The average molecular weight is 376 g/mol. The van der Waals surface area contributed by atoms with Crippen LogP contribution in [-0.4, -0.2) is 31.1 Å². The van der Waals surface area contributed by atoms with E-state index < -0.39 is 0 Å². The number of aryl methyl sites for hydroxylation is 1. The number of hydrogen-bond acceptors (Lipinski definition) is 3. The number of thiophene rings is 1. The van der Waals surface area contributed by atoms with Crippen LogP contribution in [0.25, 0.3) is 0 Å². The number of halogens is 3. The van der Waals surface area contributed by atoms with Gasteiger partial charge in [0.2, 0.25) is 0 Å². The van der Waals surface area contributed by atoms with Gasteiger partial charge in [-0.15, -0.1) is 36.2 Å². The van der Waals surface area contributed by atoms with Gasteiger partial charge in [-0.1, -0.05) is 6.92 Å². The van der Waals surface area contributed by atoms with Gasteiger partial charge in [-0.25, -0.2) is 0 Å². The second-order valence-corrected chi connectivity index (χ2v) is 6.72. The van der Waals surface area contributed by atoms with Crippen LogP contribution >= 0.6 is 52.1 Å². The highest BCUT2D eigenvalue weighted by molar-refractivity contribution is 9.11. The summed E-state index contributed by atoms with van der Waals surface area (Å²) < 4.78 is 1.29. The Bertz CT molecular complexity index is 334. The topological polar surface area (TPSA) is 15.3 Å². The largest absolute Gasteiger partial charge is 0.314 e. The van der Waals surface area contributed by atoms with E-state index in [4.69, 9.17) is 0 Å². The Morgan fingerprint density at radius 2 is 2.00 bits per heavy atom. The fraction of sp³-hybridized carbons (Fsp3) is 0.667. The molecule has 1 aliphatic rings. The van der Waals surface area contributed by atoms with Crippen molar-refractivity contribution < 1.29 is 0 Å². The summed E-state index contributed by atoms with van der Waals surface area (Å²) in [4.78, 5) is 4.11. The lowest BCUT2D eigenvalue weighted by Crippen LogP contribution is -2.44. The summed E-state index contributed by atoms with van der Waals surface area (Å²) in [6, 6.07) is 2.95. The van der Waals surface area contributed by atoms with E-state index in [2.05, 4.69) is 46.1 Å². The zero-order valence-corrected chi connectivity index (χ0v) is 14.8. The number of piperazine rings is 1. The average Bonchev–Trinajstić information content (AvgIpc) is 2.61. The van der Waals surface area contributed by atoms with Crippen molar-refractivity contribution in [2.24, 2.45) is 0 Å². The molecule has 1 aliphatic heterocycles. The molecule has 0 aromatic carbocycles. The quantitative estimate of drug-likeness (QED) is 0.858. The van der Waals surface area contributed by atoms with Gasteiger partial charge in [0.1, 0.15) is 0 Å². The molecule has 1 aromatic heterocycles. The van der Waals surface area contributed by atoms with Crippen LogP contribution < -0.4 is 5.32 Å². The second-order valence-electron chi connectivity index (χ2n) is 4.32. The first kappa shape index (κ1) is 18.7. The molecule has 2 rings (SSSR count). The maximum Gasteiger partial charge on any atom is 0.0731 e. The van der Waals surface area contributed by atoms with Crippen molar-refractivity contribution >= 4 is 52.1 Å². The van der Waals surface area contributed by atoms with E-state index in [0.29, 0.717) is 6.04 Å². The SMILES string of the molecule is CC[C@@H](c1cc(C)c(Br)s1)N1CCNCC1.Cl.Cl. The highest BCUT2D eigenvalue weighted by Crippen LogP contribution is 2.35. The first-order valence-electron chi connectivity index (χ1n) is 5.93. The van der Waals surface area contributed by atoms with E-state index in [0.717, 1.165) is 13.1 Å². The number of hydrogen-bond donors (Lipinski definition) is 1. The predicted octanol–water partition coefficient (Wildman–Crippen LogP) is 4.02. The lowest BCUT2D eigenvalue weighted by atomic mass is 10.1. The molecule has 2 nitrogen and oxygen atoms in total. The van der Waals surface area contributed by atoms with E-state index in [1.54, 1.807) is 0 Å². The third-order valence-electron chi connectivity index (χ3n) is 3.18. The predicted molar refractivity (Wildman–Crippen MR) is 88.7 cm³/mol. The zero-order valence-electron chi connectivity index (χ0n) is 10.7. The molecule has 0 radical (unpaired) electrons. The van der Waals surface area contributed by atoms with Crippen molar-refractivity contribution in [3.8, 4) is 0 Å². The molecule has 106 valence electrons. The van der Waals surface area contributed by atoms with Gasteiger partial charge >= 0.3 is 0 Å². The number of nitrogens with zero attached hydrogens (tertiary/aromatic N) is 1. The van der Waals surface area contributed by atoms with Crippen LogP contribution in [0.1, 0.15) is 29.8 Å². The standard InChI is InChI=1S/C12H19BrN2S.2ClH/c1-3-10(15-6-4-14-5-7-15)11-8-9(2)12(13)16-11;;/h8,10,14H,3-7H2,1-2H3;2*1H/t10-;;/m0../s1. The smallest absolute Gasteiger partial charge is 0.0731 e. The molecule has 0 unspecified atom stereocenters. The molecule has 1 fully saturated rings. The highest BCUT2D eigenvalue weighted by atomic mass is 79.9. The summed E-state index contributed by atoms with van der Waals surface area (Å²) >= 11 is 5.52. The molecular formula is C12H21BrCl2N2S. The second kappa shape index (κ2) is 8.77. The molecule has 0 aliphatic carbocycles. The summed E-state index contributed by atoms with van der Waals surface area (Å²) in [5, 5.41) is 3.41. The van der Waals surface area contributed by atoms with Crippen LogP contribution in [0.2, 0.25) is 0 Å². The van der Waals surface area contributed by atoms with Crippen molar-refractivity contribution in [2.75, 3.05) is 26.2 Å². The Labute approximate surface area is 134 Å². The molecule has 1 atom stereocenters. The van der Waals surface area contributed by atoms with Crippen LogP contribution in [0, 0.1) is 6.92 Å². The van der Waals surface area contributed by atoms with Gasteiger partial charge in [0.15, 0.2) is 0 Å². The molecular weight excluding hydrogens is 355 g/mol. The van der Waals surface area contributed by atoms with Crippen molar-refractivity contribution in [3.63, 3.8) is 0 Å². The van der Waals surface area contributed by atoms with Crippen molar-refractivity contribution in [3.05, 3.63) is 20.3 Å². The number of nitrogens with one attached hydrogen (secondary N) is 1. The van der Waals surface area contributed by atoms with E-state index in [-0.39, 0.29) is 24.8 Å². The Hall–Kier alpha value is 0.680. The Kier molecular flexibility index (Phi) is 9.10. The minimum absolute atomic E-state index is 0. The summed E-state index contributed by atoms with van der Waals surface area (Å²) in [6.07, 6.45) is 1.20. The maximum atomic E-state index is 3.63. The molecule has 2 heterocycles. The van der Waals surface area contributed by atoms with Crippen molar-refractivity contribution in [1.29, 1.82) is 0 Å². The van der Waals surface area contributed by atoms with Crippen molar-refractivity contribution in [2.45, 2.75) is 26.3 Å². The molecule has 1 aromatic rings. The Morgan fingerprint density at radius 3 is 2.44 bits per heavy atom. The molecule has 18 heavy (non-hydrogen) atoms. The van der Waals surface area contributed by atoms with Crippen LogP contribution in [0.15, 0.2) is 9.85 Å². The first-order chi connectivity index (χ1) is 7.72. The normalized spacial score (nSPS) is 17.7. The minimum Gasteiger partial charge on any atom is -0.314 e. The lowest BCUT2D eigenvalue weighted by molar-refractivity contribution is 0.172. The molecule has 0 amide bonds. The molecule has 6 heteroatoms. The molecule has 1 N–H and O–H groups in total. The molecule has 0 spiro atoms. The molecule has 0 bridgehead atoms. The van der Waals surface area contributed by atoms with E-state index in [1.807, 2.05) is 11.3 Å². The fourth-order valence-corrected chi connectivity index (χ4v) is 4.07. The first-order valence-corrected chi connectivity index (χ1v) is 7.54. The number of rotatable bonds is 3. The van der Waals surface area contributed by atoms with Gasteiger partial charge in [-0.3, -0.25) is 4.90 Å². The Morgan fingerprint density at radius 1 is 1.39 bits per heavy atom. The summed E-state index contributed by atoms with van der Waals surface area (Å²) in [6.45, 7) is 9.06.